The van der Waals surface area contributed by atoms with Crippen molar-refractivity contribution in [3.05, 3.63) is 12.5 Å². The van der Waals surface area contributed by atoms with E-state index < -0.39 is 30.4 Å². The van der Waals surface area contributed by atoms with Crippen molar-refractivity contribution in [2.24, 2.45) is 0 Å². The minimum absolute atomic E-state index is 0.294. The third-order valence-corrected chi connectivity index (χ3v) is 5.27. The van der Waals surface area contributed by atoms with Gasteiger partial charge in [0, 0.05) is 20.7 Å². The molecule has 1 aliphatic heterocycles. The fourth-order valence-electron chi connectivity index (χ4n) is 3.53. The maximum absolute atomic E-state index is 12.0. The molecule has 14 nitrogen and oxygen atoms in total. The molecule has 0 unspecified atom stereocenters. The van der Waals surface area contributed by atoms with Crippen LogP contribution in [0.5, 0.6) is 0 Å². The van der Waals surface area contributed by atoms with Crippen LogP contribution in [0.25, 0.3) is 22.7 Å². The number of anilines is 1. The lowest BCUT2D eigenvalue weighted by Gasteiger charge is -2.16. The molecule has 178 valence electrons. The summed E-state index contributed by atoms with van der Waals surface area (Å²) >= 11 is 0. The Morgan fingerprint density at radius 3 is 2.85 bits per heavy atom. The van der Waals surface area contributed by atoms with E-state index in [0.717, 1.165) is 6.42 Å². The summed E-state index contributed by atoms with van der Waals surface area (Å²) in [7, 11) is 3.03. The van der Waals surface area contributed by atoms with Gasteiger partial charge in [0.15, 0.2) is 35.1 Å². The molecule has 3 aromatic heterocycles. The van der Waals surface area contributed by atoms with Gasteiger partial charge < -0.3 is 30.3 Å². The lowest BCUT2D eigenvalue weighted by Crippen LogP contribution is -2.41. The number of fused-ring (bicyclic) bond motifs is 1. The molecule has 4 heterocycles. The number of nitrogens with one attached hydrogen (secondary N) is 2. The van der Waals surface area contributed by atoms with Crippen molar-refractivity contribution >= 4 is 22.9 Å². The number of methoxy groups -OCH3 is 1. The number of ether oxygens (including phenoxy) is 2. The second-order valence-electron chi connectivity index (χ2n) is 7.55. The first-order valence-electron chi connectivity index (χ1n) is 10.6. The van der Waals surface area contributed by atoms with Crippen molar-refractivity contribution in [1.82, 2.24) is 39.8 Å². The zero-order valence-corrected chi connectivity index (χ0v) is 18.5. The summed E-state index contributed by atoms with van der Waals surface area (Å²) in [6.45, 7) is 3.67. The van der Waals surface area contributed by atoms with E-state index in [4.69, 9.17) is 9.47 Å². The highest BCUT2D eigenvalue weighted by atomic mass is 16.6. The fraction of sp³-hybridized carbons (Fsp3) is 0.579. The van der Waals surface area contributed by atoms with E-state index in [2.05, 4.69) is 35.9 Å². The molecule has 1 amide bonds. The number of amides is 1. The Morgan fingerprint density at radius 1 is 1.30 bits per heavy atom. The van der Waals surface area contributed by atoms with Gasteiger partial charge in [0.25, 0.3) is 5.91 Å². The molecule has 0 aromatic carbocycles. The summed E-state index contributed by atoms with van der Waals surface area (Å²) in [6.07, 6.45) is -1.09. The van der Waals surface area contributed by atoms with Gasteiger partial charge >= 0.3 is 0 Å². The van der Waals surface area contributed by atoms with Crippen LogP contribution in [0, 0.1) is 0 Å². The number of carbonyl (C=O) groups excluding carboxylic acids is 1. The molecule has 3 aromatic rings. The summed E-state index contributed by atoms with van der Waals surface area (Å²) in [5.74, 6) is 0.238. The summed E-state index contributed by atoms with van der Waals surface area (Å²) in [5, 5.41) is 34.8. The summed E-state index contributed by atoms with van der Waals surface area (Å²) < 4.78 is 13.9. The van der Waals surface area contributed by atoms with E-state index in [0.29, 0.717) is 48.2 Å². The van der Waals surface area contributed by atoms with Gasteiger partial charge in [-0.1, -0.05) is 12.1 Å². The van der Waals surface area contributed by atoms with Gasteiger partial charge in [-0.25, -0.2) is 19.6 Å². The number of aliphatic hydroxyl groups is 2. The molecule has 4 rings (SSSR count). The number of rotatable bonds is 9. The third-order valence-electron chi connectivity index (χ3n) is 5.27. The second-order valence-corrected chi connectivity index (χ2v) is 7.55. The number of carbonyl (C=O) groups is 1. The molecule has 0 aliphatic carbocycles. The van der Waals surface area contributed by atoms with E-state index in [-0.39, 0.29) is 0 Å². The SMILES string of the molecule is CCCNc1nc(-c2cn(CCOC)nn2)nc2c1ncn2[C@@H]1O[C@H](C(=O)NC)[C@@H](O)[C@H]1O. The van der Waals surface area contributed by atoms with Crippen molar-refractivity contribution in [3.8, 4) is 11.5 Å². The highest BCUT2D eigenvalue weighted by molar-refractivity contribution is 5.85. The van der Waals surface area contributed by atoms with Crippen LogP contribution >= 0.6 is 0 Å². The second kappa shape index (κ2) is 9.74. The standard InChI is InChI=1S/C19H27N9O5/c1-4-5-21-16-11-17(24-15(23-16)10-8-27(26-25-10)6-7-32-3)28(9-22-11)19-13(30)12(29)14(33-19)18(31)20-2/h8-9,12-14,19,29-30H,4-7H2,1-3H3,(H,20,31)(H,21,23,24)/t12-,13+,14-,19+/m0/s1. The molecule has 4 N–H and O–H groups in total. The van der Waals surface area contributed by atoms with Gasteiger partial charge in [-0.3, -0.25) is 9.36 Å². The number of imidazole rings is 1. The molecule has 0 saturated carbocycles. The highest BCUT2D eigenvalue weighted by Gasteiger charge is 2.47. The maximum atomic E-state index is 12.0. The van der Waals surface area contributed by atoms with Gasteiger partial charge in [0.05, 0.1) is 25.7 Å². The van der Waals surface area contributed by atoms with E-state index in [1.165, 1.54) is 17.9 Å². The van der Waals surface area contributed by atoms with E-state index in [1.807, 2.05) is 6.92 Å². The third kappa shape index (κ3) is 4.37. The molecular weight excluding hydrogens is 434 g/mol. The van der Waals surface area contributed by atoms with Crippen LogP contribution in [-0.2, 0) is 20.8 Å². The maximum Gasteiger partial charge on any atom is 0.251 e. The predicted molar refractivity (Wildman–Crippen MR) is 115 cm³/mol. The number of likely N-dealkylation sites (N-methyl/N-ethyl adjacent to an activating group) is 1. The fourth-order valence-corrected chi connectivity index (χ4v) is 3.53. The molecule has 14 heteroatoms. The molecule has 4 atom stereocenters. The van der Waals surface area contributed by atoms with E-state index in [1.54, 1.807) is 18.0 Å². The quantitative estimate of drug-likeness (QED) is 0.305. The van der Waals surface area contributed by atoms with Crippen LogP contribution < -0.4 is 10.6 Å². The Labute approximate surface area is 188 Å². The number of nitrogens with zero attached hydrogens (tertiary/aromatic N) is 7. The molecule has 1 saturated heterocycles. The number of hydrogen-bond donors (Lipinski definition) is 4. The summed E-state index contributed by atoms with van der Waals surface area (Å²) in [4.78, 5) is 25.6. The normalized spacial score (nSPS) is 22.7. The monoisotopic (exact) mass is 461 g/mol. The Morgan fingerprint density at radius 2 is 2.12 bits per heavy atom. The van der Waals surface area contributed by atoms with Crippen LogP contribution in [0.15, 0.2) is 12.5 Å². The minimum Gasteiger partial charge on any atom is -0.387 e. The van der Waals surface area contributed by atoms with E-state index in [9.17, 15) is 15.0 Å². The molecular formula is C19H27N9O5. The molecule has 1 fully saturated rings. The van der Waals surface area contributed by atoms with Crippen molar-refractivity contribution in [2.75, 3.05) is 32.6 Å². The summed E-state index contributed by atoms with van der Waals surface area (Å²) in [6, 6.07) is 0. The van der Waals surface area contributed by atoms with Crippen molar-refractivity contribution < 1.29 is 24.5 Å². The lowest BCUT2D eigenvalue weighted by atomic mass is 10.1. The van der Waals surface area contributed by atoms with E-state index >= 15 is 0 Å². The topological polar surface area (TPSA) is 174 Å². The van der Waals surface area contributed by atoms with Crippen LogP contribution in [0.4, 0.5) is 5.82 Å². The Kier molecular flexibility index (Phi) is 6.78. The molecule has 0 radical (unpaired) electrons. The van der Waals surface area contributed by atoms with Crippen molar-refractivity contribution in [1.29, 1.82) is 0 Å². The Balaban J connectivity index is 1.75. The van der Waals surface area contributed by atoms with Crippen LogP contribution in [0.2, 0.25) is 0 Å². The average Bonchev–Trinajstić information content (AvgIpc) is 3.54. The molecule has 0 bridgehead atoms. The minimum atomic E-state index is -1.41. The van der Waals surface area contributed by atoms with Crippen LogP contribution in [0.3, 0.4) is 0 Å². The van der Waals surface area contributed by atoms with Crippen LogP contribution in [-0.4, -0.2) is 96.3 Å². The number of aliphatic hydroxyl groups excluding tert-OH is 2. The van der Waals surface area contributed by atoms with Gasteiger partial charge in [0.1, 0.15) is 17.9 Å². The Bertz CT molecular complexity index is 1120. The number of aromatic nitrogens is 7. The van der Waals surface area contributed by atoms with Crippen molar-refractivity contribution in [2.45, 2.75) is 44.4 Å². The van der Waals surface area contributed by atoms with Gasteiger partial charge in [-0.15, -0.1) is 5.10 Å². The summed E-state index contributed by atoms with van der Waals surface area (Å²) in [5.41, 5.74) is 1.24. The smallest absolute Gasteiger partial charge is 0.251 e. The lowest BCUT2D eigenvalue weighted by molar-refractivity contribution is -0.137. The number of hydrogen-bond acceptors (Lipinski definition) is 11. The van der Waals surface area contributed by atoms with Gasteiger partial charge in [0.2, 0.25) is 0 Å². The molecule has 33 heavy (non-hydrogen) atoms. The zero-order chi connectivity index (χ0) is 23.5. The first-order valence-corrected chi connectivity index (χ1v) is 10.6. The van der Waals surface area contributed by atoms with Crippen LogP contribution in [0.1, 0.15) is 19.6 Å². The largest absolute Gasteiger partial charge is 0.387 e. The first kappa shape index (κ1) is 23.0. The van der Waals surface area contributed by atoms with Gasteiger partial charge in [-0.05, 0) is 6.42 Å². The first-order chi connectivity index (χ1) is 16.0. The van der Waals surface area contributed by atoms with Crippen molar-refractivity contribution in [3.63, 3.8) is 0 Å². The molecule has 0 spiro atoms. The zero-order valence-electron chi connectivity index (χ0n) is 18.5. The Hall–Kier alpha value is -3.20. The molecule has 1 aliphatic rings. The van der Waals surface area contributed by atoms with Gasteiger partial charge in [-0.2, -0.15) is 0 Å². The average molecular weight is 461 g/mol. The predicted octanol–water partition coefficient (Wildman–Crippen LogP) is -1.08. The highest BCUT2D eigenvalue weighted by Crippen LogP contribution is 2.33.